The summed E-state index contributed by atoms with van der Waals surface area (Å²) in [5.41, 5.74) is 2.89. The van der Waals surface area contributed by atoms with Gasteiger partial charge in [0.1, 0.15) is 17.1 Å². The summed E-state index contributed by atoms with van der Waals surface area (Å²) in [4.78, 5) is 13.5. The van der Waals surface area contributed by atoms with Gasteiger partial charge >= 0.3 is 0 Å². The predicted octanol–water partition coefficient (Wildman–Crippen LogP) is 3.73. The summed E-state index contributed by atoms with van der Waals surface area (Å²) in [6.07, 6.45) is 5.92. The fraction of sp³-hybridized carbons (Fsp3) is 0.409. The molecule has 2 aromatic heterocycles. The number of likely N-dealkylation sites (tertiary alicyclic amines) is 1. The molecule has 0 saturated carbocycles. The Morgan fingerprint density at radius 2 is 1.83 bits per heavy atom. The van der Waals surface area contributed by atoms with Crippen LogP contribution in [0.2, 0.25) is 5.15 Å². The summed E-state index contributed by atoms with van der Waals surface area (Å²) in [7, 11) is 0. The van der Waals surface area contributed by atoms with Crippen LogP contribution in [0.5, 0.6) is 0 Å². The molecule has 1 aromatic carbocycles. The molecule has 2 aliphatic rings. The molecular formula is C22H23ClN6. The summed E-state index contributed by atoms with van der Waals surface area (Å²) >= 11 is 6.19. The number of anilines is 1. The van der Waals surface area contributed by atoms with Gasteiger partial charge in [-0.2, -0.15) is 5.26 Å². The van der Waals surface area contributed by atoms with Crippen molar-refractivity contribution in [1.29, 1.82) is 5.26 Å². The smallest absolute Gasteiger partial charge is 0.145 e. The van der Waals surface area contributed by atoms with Crippen LogP contribution in [-0.2, 0) is 0 Å². The molecule has 0 N–H and O–H groups in total. The van der Waals surface area contributed by atoms with Gasteiger partial charge in [0.15, 0.2) is 0 Å². The Balaban J connectivity index is 1.13. The summed E-state index contributed by atoms with van der Waals surface area (Å²) in [5.74, 6) is 0.723. The summed E-state index contributed by atoms with van der Waals surface area (Å²) in [5, 5.41) is 10.4. The molecule has 0 spiro atoms. The first-order valence-corrected chi connectivity index (χ1v) is 10.5. The Hall–Kier alpha value is -2.62. The van der Waals surface area contributed by atoms with Crippen LogP contribution in [0, 0.1) is 17.2 Å². The molecular weight excluding hydrogens is 384 g/mol. The van der Waals surface area contributed by atoms with Crippen LogP contribution in [-0.4, -0.2) is 52.2 Å². The Kier molecular flexibility index (Phi) is 4.86. The lowest BCUT2D eigenvalue weighted by atomic mass is 9.96. The molecule has 5 rings (SSSR count). The molecule has 4 heterocycles. The second-order valence-electron chi connectivity index (χ2n) is 8.09. The highest BCUT2D eigenvalue weighted by Crippen LogP contribution is 2.30. The van der Waals surface area contributed by atoms with Crippen LogP contribution >= 0.6 is 11.6 Å². The van der Waals surface area contributed by atoms with E-state index in [1.807, 2.05) is 18.2 Å². The lowest BCUT2D eigenvalue weighted by Gasteiger charge is -2.44. The van der Waals surface area contributed by atoms with Crippen LogP contribution in [0.25, 0.3) is 11.0 Å². The molecule has 0 aliphatic carbocycles. The van der Waals surface area contributed by atoms with E-state index in [0.29, 0.717) is 11.2 Å². The molecule has 148 valence electrons. The van der Waals surface area contributed by atoms with E-state index >= 15 is 0 Å². The number of nitriles is 1. The number of halogens is 1. The second kappa shape index (κ2) is 7.66. The van der Waals surface area contributed by atoms with E-state index in [1.165, 1.54) is 12.2 Å². The maximum Gasteiger partial charge on any atom is 0.145 e. The molecule has 0 unspecified atom stereocenters. The van der Waals surface area contributed by atoms with Crippen LogP contribution in [0.4, 0.5) is 5.69 Å². The Bertz CT molecular complexity index is 1040. The molecule has 0 amide bonds. The first kappa shape index (κ1) is 18.4. The van der Waals surface area contributed by atoms with Gasteiger partial charge in [-0.15, -0.1) is 0 Å². The number of fused-ring (bicyclic) bond motifs is 1. The zero-order chi connectivity index (χ0) is 19.8. The molecule has 2 aliphatic heterocycles. The van der Waals surface area contributed by atoms with Crippen molar-refractivity contribution in [3.05, 3.63) is 53.6 Å². The Labute approximate surface area is 175 Å². The van der Waals surface area contributed by atoms with Crippen LogP contribution in [0.3, 0.4) is 0 Å². The monoisotopic (exact) mass is 406 g/mol. The largest absolute Gasteiger partial charge is 0.371 e. The number of hydrogen-bond donors (Lipinski definition) is 0. The average Bonchev–Trinajstić information content (AvgIpc) is 3.17. The predicted molar refractivity (Wildman–Crippen MR) is 114 cm³/mol. The van der Waals surface area contributed by atoms with E-state index in [2.05, 4.69) is 48.7 Å². The highest BCUT2D eigenvalue weighted by molar-refractivity contribution is 6.33. The van der Waals surface area contributed by atoms with Crippen molar-refractivity contribution in [1.82, 2.24) is 19.4 Å². The number of hydrogen-bond acceptors (Lipinski definition) is 5. The summed E-state index contributed by atoms with van der Waals surface area (Å²) < 4.78 is 2.27. The highest BCUT2D eigenvalue weighted by Gasteiger charge is 2.30. The van der Waals surface area contributed by atoms with E-state index < -0.39 is 0 Å². The summed E-state index contributed by atoms with van der Waals surface area (Å²) in [6.45, 7) is 5.61. The molecule has 2 saturated heterocycles. The van der Waals surface area contributed by atoms with Gasteiger partial charge in [0.2, 0.25) is 0 Å². The lowest BCUT2D eigenvalue weighted by molar-refractivity contribution is 0.153. The summed E-state index contributed by atoms with van der Waals surface area (Å²) in [6, 6.07) is 12.6. The molecule has 3 aromatic rings. The molecule has 0 radical (unpaired) electrons. The van der Waals surface area contributed by atoms with Gasteiger partial charge in [-0.1, -0.05) is 11.6 Å². The molecule has 0 bridgehead atoms. The van der Waals surface area contributed by atoms with Crippen LogP contribution in [0.15, 0.2) is 42.9 Å². The number of aromatic nitrogens is 3. The van der Waals surface area contributed by atoms with Gasteiger partial charge in [0.05, 0.1) is 17.0 Å². The quantitative estimate of drug-likeness (QED) is 0.618. The zero-order valence-electron chi connectivity index (χ0n) is 16.2. The highest BCUT2D eigenvalue weighted by atomic mass is 35.5. The fourth-order valence-corrected chi connectivity index (χ4v) is 4.81. The Morgan fingerprint density at radius 1 is 1.07 bits per heavy atom. The lowest BCUT2D eigenvalue weighted by Crippen LogP contribution is -2.52. The topological polar surface area (TPSA) is 61.0 Å². The number of piperidine rings is 1. The minimum atomic E-state index is 0.478. The van der Waals surface area contributed by atoms with Crippen LogP contribution < -0.4 is 4.90 Å². The SMILES string of the molecule is N#Cc1ccc(N2CC(CN3CCC(n4ccc5c(Cl)ncnc54)CC3)C2)cc1. The Morgan fingerprint density at radius 3 is 2.55 bits per heavy atom. The minimum Gasteiger partial charge on any atom is -0.371 e. The normalized spacial score (nSPS) is 18.7. The minimum absolute atomic E-state index is 0.478. The van der Waals surface area contributed by atoms with Gasteiger partial charge < -0.3 is 14.4 Å². The molecule has 7 heteroatoms. The van der Waals surface area contributed by atoms with E-state index in [1.54, 1.807) is 6.33 Å². The van der Waals surface area contributed by atoms with E-state index in [0.717, 1.165) is 61.5 Å². The van der Waals surface area contributed by atoms with Crippen molar-refractivity contribution in [3.63, 3.8) is 0 Å². The van der Waals surface area contributed by atoms with Crippen LogP contribution in [0.1, 0.15) is 24.4 Å². The molecule has 6 nitrogen and oxygen atoms in total. The molecule has 0 atom stereocenters. The van der Waals surface area contributed by atoms with Gasteiger partial charge in [-0.3, -0.25) is 0 Å². The fourth-order valence-electron chi connectivity index (χ4n) is 4.62. The average molecular weight is 407 g/mol. The van der Waals surface area contributed by atoms with Gasteiger partial charge in [-0.25, -0.2) is 9.97 Å². The van der Waals surface area contributed by atoms with E-state index in [9.17, 15) is 0 Å². The maximum absolute atomic E-state index is 8.92. The maximum atomic E-state index is 8.92. The van der Waals surface area contributed by atoms with Crippen molar-refractivity contribution in [3.8, 4) is 6.07 Å². The van der Waals surface area contributed by atoms with Crippen molar-refractivity contribution >= 4 is 28.3 Å². The van der Waals surface area contributed by atoms with E-state index in [-0.39, 0.29) is 0 Å². The van der Waals surface area contributed by atoms with E-state index in [4.69, 9.17) is 16.9 Å². The molecule has 2 fully saturated rings. The second-order valence-corrected chi connectivity index (χ2v) is 8.44. The third-order valence-electron chi connectivity index (χ3n) is 6.25. The van der Waals surface area contributed by atoms with Crippen molar-refractivity contribution < 1.29 is 0 Å². The van der Waals surface area contributed by atoms with Gasteiger partial charge in [-0.05, 0) is 43.2 Å². The van der Waals surface area contributed by atoms with Gasteiger partial charge in [0, 0.05) is 56.6 Å². The first-order chi connectivity index (χ1) is 14.2. The van der Waals surface area contributed by atoms with Crippen molar-refractivity contribution in [2.24, 2.45) is 5.92 Å². The third kappa shape index (κ3) is 3.57. The van der Waals surface area contributed by atoms with Crippen molar-refractivity contribution in [2.45, 2.75) is 18.9 Å². The third-order valence-corrected chi connectivity index (χ3v) is 6.55. The standard InChI is InChI=1S/C22H23ClN6/c23-21-20-7-10-29(22(20)26-15-25-21)19-5-8-27(9-6-19)12-17-13-28(14-17)18-3-1-16(11-24)2-4-18/h1-4,7,10,15,17,19H,5-6,8-9,12-14H2. The number of rotatable bonds is 4. The first-order valence-electron chi connectivity index (χ1n) is 10.2. The number of nitrogens with zero attached hydrogens (tertiary/aromatic N) is 6. The van der Waals surface area contributed by atoms with Crippen molar-refractivity contribution in [2.75, 3.05) is 37.6 Å². The zero-order valence-corrected chi connectivity index (χ0v) is 17.0. The molecule has 29 heavy (non-hydrogen) atoms. The van der Waals surface area contributed by atoms with Gasteiger partial charge in [0.25, 0.3) is 0 Å². The number of benzene rings is 1.